The van der Waals surface area contributed by atoms with Crippen molar-refractivity contribution in [3.05, 3.63) is 47.8 Å². The average Bonchev–Trinajstić information content (AvgIpc) is 3.57. The Morgan fingerprint density at radius 2 is 2.05 bits per heavy atom. The van der Waals surface area contributed by atoms with Gasteiger partial charge in [0.1, 0.15) is 18.8 Å². The number of carbonyl (C=O) groups excluding carboxylic acids is 2. The molecule has 1 aliphatic heterocycles. The van der Waals surface area contributed by atoms with Gasteiger partial charge in [-0.3, -0.25) is 9.78 Å². The smallest absolute Gasteiger partial charge is 0.409 e. The number of nitrogens with one attached hydrogen (secondary N) is 2. The summed E-state index contributed by atoms with van der Waals surface area (Å²) in [6.45, 7) is 4.12. The van der Waals surface area contributed by atoms with Gasteiger partial charge in [-0.15, -0.1) is 0 Å². The highest BCUT2D eigenvalue weighted by molar-refractivity contribution is 6.00. The third-order valence-corrected chi connectivity index (χ3v) is 7.78. The number of halogens is 1. The Labute approximate surface area is 237 Å². The zero-order valence-corrected chi connectivity index (χ0v) is 23.1. The molecule has 4 heterocycles. The van der Waals surface area contributed by atoms with Crippen LogP contribution < -0.4 is 10.6 Å². The topological polar surface area (TPSA) is 145 Å². The molecule has 41 heavy (non-hydrogen) atoms. The molecule has 0 bridgehead atoms. The van der Waals surface area contributed by atoms with Crippen molar-refractivity contribution < 1.29 is 23.8 Å². The highest BCUT2D eigenvalue weighted by Crippen LogP contribution is 2.31. The molecule has 0 spiro atoms. The Morgan fingerprint density at radius 3 is 2.73 bits per heavy atom. The SMILES string of the molecule is CC(C)(O)[C@H](F)CNC(=O)c1cnc(-c2ccc3cc(C#N)cnn23)cc1N[C@H]1CC[C@H](CN2CCOC2=O)CC1. The second kappa shape index (κ2) is 11.7. The van der Waals surface area contributed by atoms with Crippen molar-refractivity contribution >= 4 is 23.2 Å². The fourth-order valence-corrected chi connectivity index (χ4v) is 5.29. The van der Waals surface area contributed by atoms with Gasteiger partial charge in [-0.05, 0) is 69.7 Å². The van der Waals surface area contributed by atoms with Crippen LogP contribution in [0.1, 0.15) is 55.5 Å². The predicted molar refractivity (Wildman–Crippen MR) is 149 cm³/mol. The number of ether oxygens (including phenoxy) is 1. The van der Waals surface area contributed by atoms with Crippen LogP contribution in [0.5, 0.6) is 0 Å². The van der Waals surface area contributed by atoms with Crippen molar-refractivity contribution in [1.29, 1.82) is 5.26 Å². The lowest BCUT2D eigenvalue weighted by Crippen LogP contribution is -2.42. The number of nitriles is 1. The Bertz CT molecular complexity index is 1470. The van der Waals surface area contributed by atoms with Crippen LogP contribution in [0, 0.1) is 17.2 Å². The van der Waals surface area contributed by atoms with Crippen molar-refractivity contribution in [3.63, 3.8) is 0 Å². The first-order valence-electron chi connectivity index (χ1n) is 13.8. The molecule has 0 aromatic carbocycles. The first-order valence-corrected chi connectivity index (χ1v) is 13.8. The Kier molecular flexibility index (Phi) is 8.08. The molecule has 2 fully saturated rings. The van der Waals surface area contributed by atoms with Gasteiger partial charge < -0.3 is 25.4 Å². The molecule has 0 radical (unpaired) electrons. The van der Waals surface area contributed by atoms with Gasteiger partial charge in [0.05, 0.1) is 58.6 Å². The molecule has 3 aromatic heterocycles. The lowest BCUT2D eigenvalue weighted by molar-refractivity contribution is -0.00177. The first-order chi connectivity index (χ1) is 19.6. The molecule has 0 unspecified atom stereocenters. The second-order valence-corrected chi connectivity index (χ2v) is 11.3. The fourth-order valence-electron chi connectivity index (χ4n) is 5.29. The van der Waals surface area contributed by atoms with Crippen LogP contribution in [0.15, 0.2) is 36.7 Å². The minimum atomic E-state index is -1.64. The van der Waals surface area contributed by atoms with Crippen LogP contribution in [0.3, 0.4) is 0 Å². The monoisotopic (exact) mass is 563 g/mol. The quantitative estimate of drug-likeness (QED) is 0.359. The zero-order valence-electron chi connectivity index (χ0n) is 23.1. The molecule has 1 aliphatic carbocycles. The van der Waals surface area contributed by atoms with Gasteiger partial charge >= 0.3 is 6.09 Å². The van der Waals surface area contributed by atoms with Gasteiger partial charge in [0.15, 0.2) is 0 Å². The number of carbonyl (C=O) groups is 2. The Balaban J connectivity index is 1.36. The summed E-state index contributed by atoms with van der Waals surface area (Å²) in [6.07, 6.45) is 4.59. The van der Waals surface area contributed by atoms with E-state index in [9.17, 15) is 24.3 Å². The molecule has 2 amide bonds. The summed E-state index contributed by atoms with van der Waals surface area (Å²) < 4.78 is 21.1. The fraction of sp³-hybridized carbons (Fsp3) is 0.483. The van der Waals surface area contributed by atoms with E-state index in [1.807, 2.05) is 12.1 Å². The van der Waals surface area contributed by atoms with E-state index in [4.69, 9.17) is 4.74 Å². The Hall–Kier alpha value is -4.24. The van der Waals surface area contributed by atoms with Gasteiger partial charge in [0, 0.05) is 18.8 Å². The maximum atomic E-state index is 14.4. The highest BCUT2D eigenvalue weighted by Gasteiger charge is 2.30. The zero-order chi connectivity index (χ0) is 29.1. The number of fused-ring (bicyclic) bond motifs is 1. The number of pyridine rings is 1. The molecule has 12 heteroatoms. The molecular weight excluding hydrogens is 529 g/mol. The third-order valence-electron chi connectivity index (χ3n) is 7.78. The number of hydrogen-bond donors (Lipinski definition) is 3. The number of aliphatic hydroxyl groups is 1. The molecule has 1 atom stereocenters. The van der Waals surface area contributed by atoms with Gasteiger partial charge in [0.25, 0.3) is 5.91 Å². The lowest BCUT2D eigenvalue weighted by atomic mass is 9.85. The van der Waals surface area contributed by atoms with Gasteiger partial charge in [-0.25, -0.2) is 13.7 Å². The number of rotatable bonds is 9. The van der Waals surface area contributed by atoms with Gasteiger partial charge in [-0.2, -0.15) is 10.4 Å². The molecule has 1 saturated heterocycles. The molecule has 216 valence electrons. The summed E-state index contributed by atoms with van der Waals surface area (Å²) >= 11 is 0. The largest absolute Gasteiger partial charge is 0.448 e. The van der Waals surface area contributed by atoms with Crippen molar-refractivity contribution in [2.75, 3.05) is 31.6 Å². The molecular formula is C29H34FN7O4. The van der Waals surface area contributed by atoms with E-state index in [1.54, 1.807) is 21.5 Å². The summed E-state index contributed by atoms with van der Waals surface area (Å²) in [7, 11) is 0. The second-order valence-electron chi connectivity index (χ2n) is 11.3. The molecule has 3 N–H and O–H groups in total. The van der Waals surface area contributed by atoms with Gasteiger partial charge in [0.2, 0.25) is 0 Å². The summed E-state index contributed by atoms with van der Waals surface area (Å²) in [6, 6.07) is 9.37. The average molecular weight is 564 g/mol. The minimum Gasteiger partial charge on any atom is -0.448 e. The van der Waals surface area contributed by atoms with E-state index >= 15 is 0 Å². The summed E-state index contributed by atoms with van der Waals surface area (Å²) in [5, 5.41) is 29.6. The van der Waals surface area contributed by atoms with E-state index < -0.39 is 17.7 Å². The van der Waals surface area contributed by atoms with Crippen LogP contribution in [0.25, 0.3) is 16.9 Å². The Morgan fingerprint density at radius 1 is 1.27 bits per heavy atom. The first kappa shape index (κ1) is 28.3. The minimum absolute atomic E-state index is 0.0873. The highest BCUT2D eigenvalue weighted by atomic mass is 19.1. The maximum absolute atomic E-state index is 14.4. The van der Waals surface area contributed by atoms with Crippen LogP contribution in [-0.4, -0.2) is 80.7 Å². The van der Waals surface area contributed by atoms with Crippen LogP contribution in [0.4, 0.5) is 14.9 Å². The number of aromatic nitrogens is 3. The van der Waals surface area contributed by atoms with Crippen LogP contribution >= 0.6 is 0 Å². The summed E-state index contributed by atoms with van der Waals surface area (Å²) in [5.74, 6) is -0.120. The molecule has 1 saturated carbocycles. The number of hydrogen-bond acceptors (Lipinski definition) is 8. The molecule has 11 nitrogen and oxygen atoms in total. The standard InChI is InChI=1S/C29H34FN7O4/c1-29(2,40)26(30)16-33-27(38)22-15-32-24(25-8-7-21-11-19(13-31)14-34-37(21)25)12-23(22)35-20-5-3-18(4-6-20)17-36-9-10-41-28(36)39/h7-8,11-12,14-15,18,20,26,40H,3-6,9-10,16-17H2,1-2H3,(H,32,35)(H,33,38)/t18-,20-,26-/m1/s1. The van der Waals surface area contributed by atoms with Crippen molar-refractivity contribution in [1.82, 2.24) is 24.8 Å². The van der Waals surface area contributed by atoms with E-state index in [1.165, 1.54) is 26.2 Å². The number of amides is 2. The number of cyclic esters (lactones) is 1. The van der Waals surface area contributed by atoms with E-state index in [-0.39, 0.29) is 24.2 Å². The number of nitrogens with zero attached hydrogens (tertiary/aromatic N) is 5. The van der Waals surface area contributed by atoms with Crippen molar-refractivity contribution in [3.8, 4) is 17.5 Å². The van der Waals surface area contributed by atoms with E-state index in [0.717, 1.165) is 31.2 Å². The lowest BCUT2D eigenvalue weighted by Gasteiger charge is -2.32. The predicted octanol–water partition coefficient (Wildman–Crippen LogP) is 3.53. The normalized spacial score (nSPS) is 20.0. The molecule has 2 aliphatic rings. The van der Waals surface area contributed by atoms with Crippen LogP contribution in [-0.2, 0) is 4.74 Å². The van der Waals surface area contributed by atoms with E-state index in [0.29, 0.717) is 48.3 Å². The van der Waals surface area contributed by atoms with Crippen molar-refractivity contribution in [2.45, 2.75) is 57.3 Å². The van der Waals surface area contributed by atoms with E-state index in [2.05, 4.69) is 26.8 Å². The number of alkyl halides is 1. The van der Waals surface area contributed by atoms with Crippen LogP contribution in [0.2, 0.25) is 0 Å². The third kappa shape index (κ3) is 6.41. The molecule has 5 rings (SSSR count). The summed E-state index contributed by atoms with van der Waals surface area (Å²) in [5.41, 5.74) is 1.67. The maximum Gasteiger partial charge on any atom is 0.409 e. The van der Waals surface area contributed by atoms with Crippen molar-refractivity contribution in [2.24, 2.45) is 5.92 Å². The summed E-state index contributed by atoms with van der Waals surface area (Å²) in [4.78, 5) is 31.3. The van der Waals surface area contributed by atoms with Gasteiger partial charge in [-0.1, -0.05) is 0 Å². The number of anilines is 1. The molecule has 3 aromatic rings.